The maximum Gasteiger partial charge on any atom is 0.405 e. The molecule has 0 aliphatic carbocycles. The third-order valence-electron chi connectivity index (χ3n) is 5.77. The van der Waals surface area contributed by atoms with Crippen molar-refractivity contribution in [2.24, 2.45) is 0 Å². The van der Waals surface area contributed by atoms with E-state index in [-0.39, 0.29) is 6.04 Å². The summed E-state index contributed by atoms with van der Waals surface area (Å²) in [5.41, 5.74) is 8.48. The third-order valence-corrected chi connectivity index (χ3v) is 5.77. The molecule has 3 aromatic carbocycles. The fourth-order valence-electron chi connectivity index (χ4n) is 4.06. The normalized spacial score (nSPS) is 11.8. The highest BCUT2D eigenvalue weighted by Gasteiger charge is 2.17. The van der Waals surface area contributed by atoms with Crippen molar-refractivity contribution in [3.05, 3.63) is 107 Å². The molecule has 2 N–H and O–H groups in total. The van der Waals surface area contributed by atoms with Gasteiger partial charge in [0.2, 0.25) is 0 Å². The molecule has 4 rings (SSSR count). The van der Waals surface area contributed by atoms with E-state index in [4.69, 9.17) is 5.10 Å². The van der Waals surface area contributed by atoms with Crippen LogP contribution in [-0.2, 0) is 6.42 Å². The van der Waals surface area contributed by atoms with Gasteiger partial charge in [-0.2, -0.15) is 5.10 Å². The Morgan fingerprint density at radius 3 is 2.53 bits per heavy atom. The molecule has 0 saturated carbocycles. The van der Waals surface area contributed by atoms with Gasteiger partial charge in [-0.3, -0.25) is 0 Å². The maximum atomic E-state index is 11.5. The predicted octanol–water partition coefficient (Wildman–Crippen LogP) is 6.02. The van der Waals surface area contributed by atoms with Crippen molar-refractivity contribution in [2.45, 2.75) is 33.2 Å². The molecule has 0 radical (unpaired) electrons. The molecular weight excluding hydrogens is 398 g/mol. The van der Waals surface area contributed by atoms with E-state index >= 15 is 0 Å². The van der Waals surface area contributed by atoms with Gasteiger partial charge in [-0.25, -0.2) is 9.48 Å². The summed E-state index contributed by atoms with van der Waals surface area (Å²) >= 11 is 0. The standard InChI is InChI=1S/C27H27N3O2/c1-18-11-12-24(20(3)15-18)25-13-14-30(29-25)23-10-6-9-22(16-23)26(28-27(31)32)17-21-8-5-4-7-19(21)2/h4-16,26,28H,17H2,1-3H3,(H,31,32). The first kappa shape index (κ1) is 21.4. The van der Waals surface area contributed by atoms with Crippen LogP contribution in [0.2, 0.25) is 0 Å². The lowest BCUT2D eigenvalue weighted by atomic mass is 9.96. The van der Waals surface area contributed by atoms with Gasteiger partial charge in [-0.15, -0.1) is 0 Å². The Kier molecular flexibility index (Phi) is 6.08. The Balaban J connectivity index is 1.65. The first-order chi connectivity index (χ1) is 15.4. The van der Waals surface area contributed by atoms with Gasteiger partial charge < -0.3 is 10.4 Å². The second-order valence-electron chi connectivity index (χ2n) is 8.19. The van der Waals surface area contributed by atoms with Crippen LogP contribution in [0.25, 0.3) is 16.9 Å². The minimum atomic E-state index is -1.04. The lowest BCUT2D eigenvalue weighted by Gasteiger charge is -2.19. The summed E-state index contributed by atoms with van der Waals surface area (Å²) in [6, 6.07) is 23.9. The molecule has 1 aromatic heterocycles. The van der Waals surface area contributed by atoms with Gasteiger partial charge in [0.25, 0.3) is 0 Å². The molecule has 0 aliphatic heterocycles. The molecule has 1 atom stereocenters. The van der Waals surface area contributed by atoms with Crippen molar-refractivity contribution in [2.75, 3.05) is 0 Å². The van der Waals surface area contributed by atoms with Crippen LogP contribution in [0.1, 0.15) is 33.9 Å². The van der Waals surface area contributed by atoms with E-state index in [1.54, 1.807) is 0 Å². The molecule has 0 spiro atoms. The molecule has 0 saturated heterocycles. The molecule has 4 aromatic rings. The van der Waals surface area contributed by atoms with Gasteiger partial charge in [0.1, 0.15) is 0 Å². The van der Waals surface area contributed by atoms with Gasteiger partial charge in [-0.1, -0.05) is 60.2 Å². The average Bonchev–Trinajstić information content (AvgIpc) is 3.24. The SMILES string of the molecule is Cc1ccc(-c2ccn(-c3cccc(C(Cc4ccccc4C)NC(=O)O)c3)n2)c(C)c1. The van der Waals surface area contributed by atoms with Crippen molar-refractivity contribution in [3.8, 4) is 16.9 Å². The van der Waals surface area contributed by atoms with E-state index in [1.165, 1.54) is 11.1 Å². The van der Waals surface area contributed by atoms with Crippen molar-refractivity contribution in [1.82, 2.24) is 15.1 Å². The highest BCUT2D eigenvalue weighted by molar-refractivity contribution is 5.66. The minimum Gasteiger partial charge on any atom is -0.465 e. The second kappa shape index (κ2) is 9.10. The van der Waals surface area contributed by atoms with Crippen LogP contribution < -0.4 is 5.32 Å². The number of nitrogens with one attached hydrogen (secondary N) is 1. The Bertz CT molecular complexity index is 1260. The minimum absolute atomic E-state index is 0.358. The number of nitrogens with zero attached hydrogens (tertiary/aromatic N) is 2. The average molecular weight is 426 g/mol. The van der Waals surface area contributed by atoms with E-state index in [1.807, 2.05) is 72.4 Å². The quantitative estimate of drug-likeness (QED) is 0.397. The molecule has 32 heavy (non-hydrogen) atoms. The van der Waals surface area contributed by atoms with Gasteiger partial charge >= 0.3 is 6.09 Å². The fraction of sp³-hybridized carbons (Fsp3) is 0.185. The van der Waals surface area contributed by atoms with E-state index in [0.717, 1.165) is 33.6 Å². The Morgan fingerprint density at radius 1 is 0.969 bits per heavy atom. The molecule has 0 bridgehead atoms. The van der Waals surface area contributed by atoms with E-state index in [2.05, 4.69) is 37.4 Å². The molecule has 5 nitrogen and oxygen atoms in total. The number of benzene rings is 3. The molecule has 5 heteroatoms. The van der Waals surface area contributed by atoms with Crippen LogP contribution in [0.4, 0.5) is 4.79 Å². The van der Waals surface area contributed by atoms with Gasteiger partial charge in [0, 0.05) is 11.8 Å². The summed E-state index contributed by atoms with van der Waals surface area (Å²) in [4.78, 5) is 11.5. The maximum absolute atomic E-state index is 11.5. The highest BCUT2D eigenvalue weighted by Crippen LogP contribution is 2.25. The monoisotopic (exact) mass is 425 g/mol. The Morgan fingerprint density at radius 2 is 1.78 bits per heavy atom. The van der Waals surface area contributed by atoms with Crippen molar-refractivity contribution >= 4 is 6.09 Å². The lowest BCUT2D eigenvalue weighted by Crippen LogP contribution is -2.28. The number of aryl methyl sites for hydroxylation is 3. The van der Waals surface area contributed by atoms with Crippen LogP contribution in [0.15, 0.2) is 79.0 Å². The summed E-state index contributed by atoms with van der Waals surface area (Å²) in [7, 11) is 0. The molecular formula is C27H27N3O2. The first-order valence-electron chi connectivity index (χ1n) is 10.7. The van der Waals surface area contributed by atoms with E-state index in [9.17, 15) is 9.90 Å². The predicted molar refractivity (Wildman–Crippen MR) is 127 cm³/mol. The van der Waals surface area contributed by atoms with Crippen LogP contribution in [0, 0.1) is 20.8 Å². The molecule has 0 fully saturated rings. The molecule has 0 aliphatic rings. The third kappa shape index (κ3) is 4.72. The number of hydrogen-bond acceptors (Lipinski definition) is 2. The van der Waals surface area contributed by atoms with Crippen molar-refractivity contribution in [3.63, 3.8) is 0 Å². The number of carboxylic acid groups (broad SMARTS) is 1. The van der Waals surface area contributed by atoms with Gasteiger partial charge in [0.05, 0.1) is 17.4 Å². The zero-order valence-corrected chi connectivity index (χ0v) is 18.5. The zero-order chi connectivity index (χ0) is 22.7. The van der Waals surface area contributed by atoms with Crippen LogP contribution in [0.5, 0.6) is 0 Å². The number of rotatable bonds is 6. The fourth-order valence-corrected chi connectivity index (χ4v) is 4.06. The zero-order valence-electron chi connectivity index (χ0n) is 18.5. The van der Waals surface area contributed by atoms with Gasteiger partial charge in [-0.05, 0) is 67.6 Å². The molecule has 162 valence electrons. The van der Waals surface area contributed by atoms with E-state index in [0.29, 0.717) is 6.42 Å². The number of hydrogen-bond donors (Lipinski definition) is 2. The van der Waals surface area contributed by atoms with Crippen LogP contribution in [-0.4, -0.2) is 21.0 Å². The Labute approximate surface area is 188 Å². The molecule has 1 unspecified atom stereocenters. The van der Waals surface area contributed by atoms with Crippen LogP contribution >= 0.6 is 0 Å². The Hall–Kier alpha value is -3.86. The van der Waals surface area contributed by atoms with Crippen molar-refractivity contribution in [1.29, 1.82) is 0 Å². The second-order valence-corrected chi connectivity index (χ2v) is 8.19. The molecule has 1 heterocycles. The number of carbonyl (C=O) groups is 1. The van der Waals surface area contributed by atoms with E-state index < -0.39 is 6.09 Å². The summed E-state index contributed by atoms with van der Waals surface area (Å²) in [6.07, 6.45) is 1.48. The smallest absolute Gasteiger partial charge is 0.405 e. The number of amides is 1. The largest absolute Gasteiger partial charge is 0.465 e. The number of aromatic nitrogens is 2. The van der Waals surface area contributed by atoms with Crippen LogP contribution in [0.3, 0.4) is 0 Å². The summed E-state index contributed by atoms with van der Waals surface area (Å²) in [5, 5.41) is 16.9. The summed E-state index contributed by atoms with van der Waals surface area (Å²) < 4.78 is 1.84. The highest BCUT2D eigenvalue weighted by atomic mass is 16.4. The van der Waals surface area contributed by atoms with Gasteiger partial charge in [0.15, 0.2) is 0 Å². The molecule has 1 amide bonds. The summed E-state index contributed by atoms with van der Waals surface area (Å²) in [6.45, 7) is 6.22. The topological polar surface area (TPSA) is 67.2 Å². The first-order valence-corrected chi connectivity index (χ1v) is 10.7. The van der Waals surface area contributed by atoms with Crippen molar-refractivity contribution < 1.29 is 9.90 Å². The lowest BCUT2D eigenvalue weighted by molar-refractivity contribution is 0.190. The summed E-state index contributed by atoms with van der Waals surface area (Å²) in [5.74, 6) is 0.